The van der Waals surface area contributed by atoms with Crippen molar-refractivity contribution in [2.45, 2.75) is 38.1 Å². The maximum Gasteiger partial charge on any atom is 0.240 e. The molecule has 1 unspecified atom stereocenters. The monoisotopic (exact) mass is 449 g/mol. The van der Waals surface area contributed by atoms with Crippen LogP contribution in [-0.2, 0) is 19.6 Å². The number of hydrogen-bond donors (Lipinski definition) is 2. The molecule has 0 aliphatic carbocycles. The van der Waals surface area contributed by atoms with E-state index in [2.05, 4.69) is 14.9 Å². The molecule has 31 heavy (non-hydrogen) atoms. The highest BCUT2D eigenvalue weighted by molar-refractivity contribution is 7.89. The first kappa shape index (κ1) is 23.5. The van der Waals surface area contributed by atoms with Crippen molar-refractivity contribution in [2.75, 3.05) is 39.4 Å². The van der Waals surface area contributed by atoms with Gasteiger partial charge in [-0.2, -0.15) is 0 Å². The van der Waals surface area contributed by atoms with Crippen LogP contribution in [0.4, 0.5) is 0 Å². The van der Waals surface area contributed by atoms with Crippen LogP contribution in [0.5, 0.6) is 0 Å². The number of carbonyl (C=O) groups is 1. The van der Waals surface area contributed by atoms with Crippen LogP contribution in [0.2, 0.25) is 0 Å². The van der Waals surface area contributed by atoms with Gasteiger partial charge in [0.25, 0.3) is 0 Å². The van der Waals surface area contributed by atoms with Crippen molar-refractivity contribution in [2.24, 2.45) is 0 Å². The molecule has 1 aliphatic heterocycles. The van der Waals surface area contributed by atoms with Gasteiger partial charge in [0.15, 0.2) is 0 Å². The molecule has 8 nitrogen and oxygen atoms in total. The van der Waals surface area contributed by atoms with Crippen LogP contribution in [0.3, 0.4) is 0 Å². The number of furan rings is 1. The van der Waals surface area contributed by atoms with E-state index in [1.165, 1.54) is 0 Å². The van der Waals surface area contributed by atoms with Gasteiger partial charge in [0.1, 0.15) is 11.5 Å². The summed E-state index contributed by atoms with van der Waals surface area (Å²) in [5, 5.41) is 2.92. The molecule has 0 radical (unpaired) electrons. The minimum absolute atomic E-state index is 0.0314. The number of carbonyl (C=O) groups excluding carboxylic acids is 1. The quantitative estimate of drug-likeness (QED) is 0.608. The molecule has 2 aromatic rings. The number of amides is 1. The maximum absolute atomic E-state index is 12.6. The van der Waals surface area contributed by atoms with Gasteiger partial charge in [0.2, 0.25) is 15.9 Å². The number of nitrogens with one attached hydrogen (secondary N) is 2. The third-order valence-corrected chi connectivity index (χ3v) is 6.95. The van der Waals surface area contributed by atoms with E-state index in [0.29, 0.717) is 25.3 Å². The van der Waals surface area contributed by atoms with Crippen LogP contribution in [0.15, 0.2) is 39.6 Å². The topological polar surface area (TPSA) is 101 Å². The van der Waals surface area contributed by atoms with Crippen LogP contribution in [-0.4, -0.2) is 58.6 Å². The average molecular weight is 450 g/mol. The van der Waals surface area contributed by atoms with Gasteiger partial charge in [-0.05, 0) is 50.1 Å². The van der Waals surface area contributed by atoms with Gasteiger partial charge < -0.3 is 14.5 Å². The van der Waals surface area contributed by atoms with E-state index in [1.54, 1.807) is 19.1 Å². The molecule has 9 heteroatoms. The van der Waals surface area contributed by atoms with Gasteiger partial charge in [0.05, 0.1) is 24.2 Å². The number of ether oxygens (including phenoxy) is 1. The summed E-state index contributed by atoms with van der Waals surface area (Å²) in [5.41, 5.74) is 1.54. The van der Waals surface area contributed by atoms with Crippen molar-refractivity contribution < 1.29 is 22.4 Å². The number of rotatable bonds is 9. The first-order valence-corrected chi connectivity index (χ1v) is 12.0. The van der Waals surface area contributed by atoms with Gasteiger partial charge in [-0.1, -0.05) is 12.1 Å². The lowest BCUT2D eigenvalue weighted by atomic mass is 10.1. The van der Waals surface area contributed by atoms with Crippen molar-refractivity contribution in [1.82, 2.24) is 14.9 Å². The molecule has 1 saturated heterocycles. The molecular weight excluding hydrogens is 418 g/mol. The van der Waals surface area contributed by atoms with Crippen LogP contribution < -0.4 is 10.0 Å². The Morgan fingerprint density at radius 2 is 1.87 bits per heavy atom. The zero-order chi connectivity index (χ0) is 22.4. The molecule has 0 spiro atoms. The standard InChI is InChI=1S/C22H31N3O5S/c1-16-4-5-17(2)21(14-16)31(27,28)24-9-8-22(26)23-15-19(20-7-6-18(3)30-20)25-10-12-29-13-11-25/h4-7,14,19,24H,8-13,15H2,1-3H3,(H,23,26). The Balaban J connectivity index is 1.54. The van der Waals surface area contributed by atoms with Crippen LogP contribution in [0.25, 0.3) is 0 Å². The third kappa shape index (κ3) is 6.39. The molecule has 1 aromatic carbocycles. The molecule has 1 aliphatic rings. The van der Waals surface area contributed by atoms with E-state index in [4.69, 9.17) is 9.15 Å². The second-order valence-corrected chi connectivity index (χ2v) is 9.57. The fourth-order valence-electron chi connectivity index (χ4n) is 3.60. The summed E-state index contributed by atoms with van der Waals surface area (Å²) < 4.78 is 38.9. The normalized spacial score (nSPS) is 16.2. The van der Waals surface area contributed by atoms with E-state index in [1.807, 2.05) is 32.0 Å². The Morgan fingerprint density at radius 3 is 2.55 bits per heavy atom. The zero-order valence-electron chi connectivity index (χ0n) is 18.3. The van der Waals surface area contributed by atoms with Crippen LogP contribution in [0, 0.1) is 20.8 Å². The number of nitrogens with zero attached hydrogens (tertiary/aromatic N) is 1. The molecular formula is C22H31N3O5S. The van der Waals surface area contributed by atoms with Crippen molar-refractivity contribution in [3.05, 3.63) is 53.0 Å². The fourth-order valence-corrected chi connectivity index (χ4v) is 4.96. The molecule has 1 atom stereocenters. The second kappa shape index (κ2) is 10.4. The van der Waals surface area contributed by atoms with Gasteiger partial charge in [0, 0.05) is 32.6 Å². The highest BCUT2D eigenvalue weighted by atomic mass is 32.2. The molecule has 170 valence electrons. The highest BCUT2D eigenvalue weighted by Crippen LogP contribution is 2.23. The van der Waals surface area contributed by atoms with Crippen molar-refractivity contribution in [3.63, 3.8) is 0 Å². The van der Waals surface area contributed by atoms with Gasteiger partial charge >= 0.3 is 0 Å². The maximum atomic E-state index is 12.6. The Kier molecular flexibility index (Phi) is 7.88. The highest BCUT2D eigenvalue weighted by Gasteiger charge is 2.26. The summed E-state index contributed by atoms with van der Waals surface area (Å²) in [6.45, 7) is 8.71. The minimum Gasteiger partial charge on any atom is -0.465 e. The summed E-state index contributed by atoms with van der Waals surface area (Å²) in [6.07, 6.45) is 0.0527. The van der Waals surface area contributed by atoms with E-state index < -0.39 is 10.0 Å². The van der Waals surface area contributed by atoms with Crippen molar-refractivity contribution >= 4 is 15.9 Å². The lowest BCUT2D eigenvalue weighted by molar-refractivity contribution is -0.121. The minimum atomic E-state index is -3.66. The number of sulfonamides is 1. The number of aryl methyl sites for hydroxylation is 3. The Labute approximate surface area is 184 Å². The molecule has 2 N–H and O–H groups in total. The first-order chi connectivity index (χ1) is 14.8. The van der Waals surface area contributed by atoms with E-state index in [-0.39, 0.29) is 29.8 Å². The molecule has 1 fully saturated rings. The van der Waals surface area contributed by atoms with Crippen LogP contribution in [0.1, 0.15) is 35.1 Å². The third-order valence-electron chi connectivity index (χ3n) is 5.35. The largest absolute Gasteiger partial charge is 0.465 e. The summed E-state index contributed by atoms with van der Waals surface area (Å²) in [5.74, 6) is 1.40. The first-order valence-electron chi connectivity index (χ1n) is 10.5. The number of morpholine rings is 1. The SMILES string of the molecule is Cc1ccc(C)c(S(=O)(=O)NCCC(=O)NCC(c2ccc(C)o2)N2CCOCC2)c1. The van der Waals surface area contributed by atoms with Gasteiger partial charge in [-0.15, -0.1) is 0 Å². The molecule has 1 aromatic heterocycles. The Hall–Kier alpha value is -2.20. The predicted molar refractivity (Wildman–Crippen MR) is 117 cm³/mol. The summed E-state index contributed by atoms with van der Waals surface area (Å²) in [4.78, 5) is 14.9. The van der Waals surface area contributed by atoms with Gasteiger partial charge in [-0.25, -0.2) is 13.1 Å². The fraction of sp³-hybridized carbons (Fsp3) is 0.500. The van der Waals surface area contributed by atoms with Crippen LogP contribution >= 0.6 is 0 Å². The lowest BCUT2D eigenvalue weighted by Gasteiger charge is -2.33. The van der Waals surface area contributed by atoms with Crippen molar-refractivity contribution in [1.29, 1.82) is 0 Å². The summed E-state index contributed by atoms with van der Waals surface area (Å²) in [6, 6.07) is 9.03. The summed E-state index contributed by atoms with van der Waals surface area (Å²) >= 11 is 0. The number of hydrogen-bond acceptors (Lipinski definition) is 6. The molecule has 3 rings (SSSR count). The van der Waals surface area contributed by atoms with E-state index in [9.17, 15) is 13.2 Å². The van der Waals surface area contributed by atoms with Gasteiger partial charge in [-0.3, -0.25) is 9.69 Å². The average Bonchev–Trinajstić information content (AvgIpc) is 3.16. The Bertz CT molecular complexity index is 996. The molecule has 2 heterocycles. The van der Waals surface area contributed by atoms with E-state index >= 15 is 0 Å². The van der Waals surface area contributed by atoms with Crippen molar-refractivity contribution in [3.8, 4) is 0 Å². The predicted octanol–water partition coefficient (Wildman–Crippen LogP) is 2.06. The zero-order valence-corrected chi connectivity index (χ0v) is 19.1. The molecule has 1 amide bonds. The molecule has 0 bridgehead atoms. The summed E-state index contributed by atoms with van der Waals surface area (Å²) in [7, 11) is -3.66. The Morgan fingerprint density at radius 1 is 1.13 bits per heavy atom. The van der Waals surface area contributed by atoms with E-state index in [0.717, 1.165) is 30.2 Å². The second-order valence-electron chi connectivity index (χ2n) is 7.83. The smallest absolute Gasteiger partial charge is 0.240 e. The lowest BCUT2D eigenvalue weighted by Crippen LogP contribution is -2.44. The number of benzene rings is 1. The molecule has 0 saturated carbocycles.